The van der Waals surface area contributed by atoms with E-state index in [1.54, 1.807) is 7.11 Å². The van der Waals surface area contributed by atoms with Crippen LogP contribution in [0.3, 0.4) is 0 Å². The highest BCUT2D eigenvalue weighted by Gasteiger charge is 1.85. The fraction of sp³-hybridized carbons (Fsp3) is 0.750. The highest BCUT2D eigenvalue weighted by molar-refractivity contribution is 7.99. The Kier molecular flexibility index (Phi) is 10.8. The van der Waals surface area contributed by atoms with E-state index in [2.05, 4.69) is 24.8 Å². The molecule has 0 saturated heterocycles. The molecule has 0 aliphatic heterocycles. The minimum absolute atomic E-state index is 0.846. The van der Waals surface area contributed by atoms with E-state index in [0.717, 1.165) is 24.5 Å². The zero-order valence-corrected chi connectivity index (χ0v) is 8.66. The molecule has 0 atom stereocenters. The van der Waals surface area contributed by atoms with Crippen LogP contribution in [0.2, 0.25) is 0 Å². The van der Waals surface area contributed by atoms with Gasteiger partial charge in [0, 0.05) is 25.2 Å². The normalized spacial score (nSPS) is 11.1. The fourth-order valence-electron chi connectivity index (χ4n) is 0.599. The van der Waals surface area contributed by atoms with Gasteiger partial charge < -0.3 is 4.74 Å². The van der Waals surface area contributed by atoms with Crippen LogP contribution in [0.15, 0.2) is 12.2 Å². The summed E-state index contributed by atoms with van der Waals surface area (Å²) >= 11 is 6.00. The summed E-state index contributed by atoms with van der Waals surface area (Å²) < 4.78 is 4.93. The van der Waals surface area contributed by atoms with Crippen molar-refractivity contribution in [3.8, 4) is 0 Å². The van der Waals surface area contributed by atoms with Gasteiger partial charge in [0.2, 0.25) is 0 Å². The molecular formula is C8H16OS2. The van der Waals surface area contributed by atoms with Gasteiger partial charge in [-0.05, 0) is 12.2 Å². The number of methoxy groups -OCH3 is 1. The monoisotopic (exact) mass is 192 g/mol. The van der Waals surface area contributed by atoms with Crippen LogP contribution in [0.4, 0.5) is 0 Å². The lowest BCUT2D eigenvalue weighted by atomic mass is 10.5. The van der Waals surface area contributed by atoms with Crippen molar-refractivity contribution < 1.29 is 4.74 Å². The molecule has 0 N–H and O–H groups in total. The maximum Gasteiger partial charge on any atom is 0.0470 e. The SMILES string of the molecule is COCCCSCC=CCS. The highest BCUT2D eigenvalue weighted by atomic mass is 32.2. The minimum atomic E-state index is 0.846. The Bertz CT molecular complexity index is 94.1. The van der Waals surface area contributed by atoms with Crippen molar-refractivity contribution in [2.45, 2.75) is 6.42 Å². The summed E-state index contributed by atoms with van der Waals surface area (Å²) in [6.45, 7) is 0.878. The predicted molar refractivity (Wildman–Crippen MR) is 56.8 cm³/mol. The molecule has 66 valence electrons. The summed E-state index contributed by atoms with van der Waals surface area (Å²) in [5.74, 6) is 3.13. The lowest BCUT2D eigenvalue weighted by Crippen LogP contribution is -1.90. The predicted octanol–water partition coefficient (Wildman–Crippen LogP) is 2.24. The summed E-state index contributed by atoms with van der Waals surface area (Å²) in [6.07, 6.45) is 5.38. The summed E-state index contributed by atoms with van der Waals surface area (Å²) in [6, 6.07) is 0. The van der Waals surface area contributed by atoms with Gasteiger partial charge in [0.1, 0.15) is 0 Å². The molecule has 0 rings (SSSR count). The van der Waals surface area contributed by atoms with E-state index in [-0.39, 0.29) is 0 Å². The molecule has 3 heteroatoms. The molecule has 0 saturated carbocycles. The molecule has 1 nitrogen and oxygen atoms in total. The van der Waals surface area contributed by atoms with Gasteiger partial charge in [-0.15, -0.1) is 0 Å². The molecule has 0 aromatic rings. The Morgan fingerprint density at radius 1 is 1.45 bits per heavy atom. The zero-order valence-electron chi connectivity index (χ0n) is 6.95. The molecule has 0 unspecified atom stereocenters. The van der Waals surface area contributed by atoms with Crippen LogP contribution >= 0.6 is 24.4 Å². The topological polar surface area (TPSA) is 9.23 Å². The van der Waals surface area contributed by atoms with Gasteiger partial charge in [-0.2, -0.15) is 24.4 Å². The molecule has 0 spiro atoms. The standard InChI is InChI=1S/C8H16OS2/c1-9-5-4-8-11-7-3-2-6-10/h2-3,10H,4-8H2,1H3. The number of thiol groups is 1. The largest absolute Gasteiger partial charge is 0.385 e. The molecule has 0 aromatic carbocycles. The number of hydrogen-bond donors (Lipinski definition) is 1. The van der Waals surface area contributed by atoms with Crippen LogP contribution in [0.25, 0.3) is 0 Å². The van der Waals surface area contributed by atoms with E-state index in [1.165, 1.54) is 5.75 Å². The van der Waals surface area contributed by atoms with Gasteiger partial charge in [0.15, 0.2) is 0 Å². The van der Waals surface area contributed by atoms with Crippen LogP contribution in [0, 0.1) is 0 Å². The maximum absolute atomic E-state index is 4.93. The maximum atomic E-state index is 4.93. The van der Waals surface area contributed by atoms with Crippen LogP contribution in [0.5, 0.6) is 0 Å². The van der Waals surface area contributed by atoms with E-state index < -0.39 is 0 Å². The van der Waals surface area contributed by atoms with Crippen molar-refractivity contribution in [1.29, 1.82) is 0 Å². The third kappa shape index (κ3) is 10.4. The first-order valence-electron chi connectivity index (χ1n) is 3.74. The Balaban J connectivity index is 2.85. The molecule has 0 bridgehead atoms. The number of rotatable bonds is 7. The van der Waals surface area contributed by atoms with E-state index in [0.29, 0.717) is 0 Å². The first-order valence-corrected chi connectivity index (χ1v) is 5.53. The molecule has 0 fully saturated rings. The second kappa shape index (κ2) is 10.4. The Hall–Kier alpha value is 0.400. The third-order valence-electron chi connectivity index (χ3n) is 1.12. The Labute approximate surface area is 79.0 Å². The lowest BCUT2D eigenvalue weighted by Gasteiger charge is -1.96. The summed E-state index contributed by atoms with van der Waals surface area (Å²) in [5.41, 5.74) is 0. The van der Waals surface area contributed by atoms with Crippen LogP contribution in [-0.4, -0.2) is 31.0 Å². The molecule has 0 radical (unpaired) electrons. The summed E-state index contributed by atoms with van der Waals surface area (Å²) in [4.78, 5) is 0. The van der Waals surface area contributed by atoms with Crippen molar-refractivity contribution in [3.05, 3.63) is 12.2 Å². The van der Waals surface area contributed by atoms with Gasteiger partial charge in [-0.1, -0.05) is 12.2 Å². The second-order valence-electron chi connectivity index (χ2n) is 2.08. The molecule has 0 aliphatic rings. The van der Waals surface area contributed by atoms with Crippen molar-refractivity contribution >= 4 is 24.4 Å². The van der Waals surface area contributed by atoms with Crippen LogP contribution < -0.4 is 0 Å². The number of hydrogen-bond acceptors (Lipinski definition) is 3. The molecule has 11 heavy (non-hydrogen) atoms. The first kappa shape index (κ1) is 11.4. The third-order valence-corrected chi connectivity index (χ3v) is 2.34. The second-order valence-corrected chi connectivity index (χ2v) is 3.59. The van der Waals surface area contributed by atoms with Crippen molar-refractivity contribution in [2.75, 3.05) is 31.0 Å². The van der Waals surface area contributed by atoms with Crippen molar-refractivity contribution in [1.82, 2.24) is 0 Å². The average molecular weight is 192 g/mol. The number of ether oxygens (including phenoxy) is 1. The minimum Gasteiger partial charge on any atom is -0.385 e. The fourth-order valence-corrected chi connectivity index (χ4v) is 1.51. The van der Waals surface area contributed by atoms with E-state index in [1.807, 2.05) is 11.8 Å². The summed E-state index contributed by atoms with van der Waals surface area (Å²) in [5, 5.41) is 0. The van der Waals surface area contributed by atoms with Gasteiger partial charge in [-0.3, -0.25) is 0 Å². The molecule has 0 aromatic heterocycles. The van der Waals surface area contributed by atoms with Gasteiger partial charge in [-0.25, -0.2) is 0 Å². The van der Waals surface area contributed by atoms with Crippen LogP contribution in [0.1, 0.15) is 6.42 Å². The van der Waals surface area contributed by atoms with E-state index in [4.69, 9.17) is 4.74 Å². The van der Waals surface area contributed by atoms with E-state index >= 15 is 0 Å². The molecule has 0 aliphatic carbocycles. The van der Waals surface area contributed by atoms with Crippen molar-refractivity contribution in [3.63, 3.8) is 0 Å². The van der Waals surface area contributed by atoms with Crippen LogP contribution in [-0.2, 0) is 4.74 Å². The highest BCUT2D eigenvalue weighted by Crippen LogP contribution is 2.02. The zero-order chi connectivity index (χ0) is 8.36. The molecule has 0 amide bonds. The number of thioether (sulfide) groups is 1. The quantitative estimate of drug-likeness (QED) is 0.376. The van der Waals surface area contributed by atoms with Gasteiger partial charge in [0.25, 0.3) is 0 Å². The lowest BCUT2D eigenvalue weighted by molar-refractivity contribution is 0.200. The Morgan fingerprint density at radius 2 is 2.27 bits per heavy atom. The van der Waals surface area contributed by atoms with Gasteiger partial charge in [0.05, 0.1) is 0 Å². The molecule has 0 heterocycles. The molecular weight excluding hydrogens is 176 g/mol. The van der Waals surface area contributed by atoms with Crippen molar-refractivity contribution in [2.24, 2.45) is 0 Å². The smallest absolute Gasteiger partial charge is 0.0470 e. The average Bonchev–Trinajstić information content (AvgIpc) is 2.03. The van der Waals surface area contributed by atoms with Gasteiger partial charge >= 0.3 is 0 Å². The summed E-state index contributed by atoms with van der Waals surface area (Å²) in [7, 11) is 1.74. The Morgan fingerprint density at radius 3 is 2.91 bits per heavy atom. The first-order chi connectivity index (χ1) is 5.41. The van der Waals surface area contributed by atoms with E-state index in [9.17, 15) is 0 Å².